The number of thiophene rings is 1. The highest BCUT2D eigenvalue weighted by atomic mass is 79.9. The summed E-state index contributed by atoms with van der Waals surface area (Å²) in [5.41, 5.74) is 8.02. The largest absolute Gasteiger partial charge is 0.320 e. The Balaban J connectivity index is 2.41. The van der Waals surface area contributed by atoms with E-state index in [0.29, 0.717) is 0 Å². The van der Waals surface area contributed by atoms with Gasteiger partial charge in [-0.2, -0.15) is 0 Å². The monoisotopic (exact) mass is 299 g/mol. The van der Waals surface area contributed by atoms with E-state index in [4.69, 9.17) is 5.73 Å². The molecular formula is C12H11BrFNS. The van der Waals surface area contributed by atoms with Crippen LogP contribution in [0.3, 0.4) is 0 Å². The fourth-order valence-corrected chi connectivity index (χ4v) is 3.30. The Bertz CT molecular complexity index is 509. The van der Waals surface area contributed by atoms with Gasteiger partial charge < -0.3 is 5.73 Å². The summed E-state index contributed by atoms with van der Waals surface area (Å²) in [5, 5.41) is 1.98. The number of nitrogens with two attached hydrogens (primary N) is 1. The van der Waals surface area contributed by atoms with Gasteiger partial charge in [0.25, 0.3) is 0 Å². The van der Waals surface area contributed by atoms with Gasteiger partial charge in [0.1, 0.15) is 5.82 Å². The fraction of sp³-hybridized carbons (Fsp3) is 0.167. The van der Waals surface area contributed by atoms with E-state index in [1.54, 1.807) is 17.4 Å². The zero-order valence-electron chi connectivity index (χ0n) is 8.71. The lowest BCUT2D eigenvalue weighted by Gasteiger charge is -2.14. The van der Waals surface area contributed by atoms with Crippen LogP contribution in [-0.2, 0) is 0 Å². The average Bonchev–Trinajstić information content (AvgIpc) is 2.63. The molecule has 0 fully saturated rings. The van der Waals surface area contributed by atoms with E-state index in [0.717, 1.165) is 20.5 Å². The number of aryl methyl sites for hydroxylation is 1. The number of rotatable bonds is 2. The fourth-order valence-electron chi connectivity index (χ4n) is 1.66. The molecule has 4 heteroatoms. The highest BCUT2D eigenvalue weighted by Crippen LogP contribution is 2.32. The Morgan fingerprint density at radius 3 is 2.69 bits per heavy atom. The molecule has 1 aromatic heterocycles. The average molecular weight is 300 g/mol. The van der Waals surface area contributed by atoms with Crippen molar-refractivity contribution < 1.29 is 4.39 Å². The van der Waals surface area contributed by atoms with Gasteiger partial charge in [-0.3, -0.25) is 0 Å². The molecule has 2 N–H and O–H groups in total. The molecule has 1 atom stereocenters. The first-order valence-corrected chi connectivity index (χ1v) is 6.51. The third-order valence-electron chi connectivity index (χ3n) is 2.49. The Kier molecular flexibility index (Phi) is 3.42. The topological polar surface area (TPSA) is 26.0 Å². The molecule has 0 spiro atoms. The zero-order valence-corrected chi connectivity index (χ0v) is 11.1. The predicted molar refractivity (Wildman–Crippen MR) is 69.2 cm³/mol. The van der Waals surface area contributed by atoms with E-state index in [9.17, 15) is 4.39 Å². The zero-order chi connectivity index (χ0) is 11.7. The molecule has 0 aliphatic heterocycles. The second-order valence-electron chi connectivity index (χ2n) is 3.61. The van der Waals surface area contributed by atoms with E-state index in [1.165, 1.54) is 12.1 Å². The van der Waals surface area contributed by atoms with Gasteiger partial charge in [0.05, 0.1) is 6.04 Å². The number of hydrogen-bond donors (Lipinski definition) is 1. The first-order valence-electron chi connectivity index (χ1n) is 4.84. The molecule has 0 amide bonds. The molecule has 0 saturated heterocycles. The minimum absolute atomic E-state index is 0.199. The molecule has 0 radical (unpaired) electrons. The van der Waals surface area contributed by atoms with Gasteiger partial charge in [0.15, 0.2) is 0 Å². The van der Waals surface area contributed by atoms with Crippen molar-refractivity contribution in [1.29, 1.82) is 0 Å². The van der Waals surface area contributed by atoms with Gasteiger partial charge in [-0.05, 0) is 57.6 Å². The third kappa shape index (κ3) is 2.19. The third-order valence-corrected chi connectivity index (χ3v) is 4.45. The molecule has 16 heavy (non-hydrogen) atoms. The summed E-state index contributed by atoms with van der Waals surface area (Å²) in [5.74, 6) is -0.223. The van der Waals surface area contributed by atoms with Crippen molar-refractivity contribution in [3.8, 4) is 0 Å². The second kappa shape index (κ2) is 4.65. The maximum absolute atomic E-state index is 13.0. The van der Waals surface area contributed by atoms with Crippen LogP contribution in [0.2, 0.25) is 0 Å². The quantitative estimate of drug-likeness (QED) is 0.891. The molecule has 1 aromatic carbocycles. The number of hydrogen-bond acceptors (Lipinski definition) is 2. The van der Waals surface area contributed by atoms with E-state index in [-0.39, 0.29) is 11.9 Å². The highest BCUT2D eigenvalue weighted by Gasteiger charge is 2.15. The van der Waals surface area contributed by atoms with Crippen molar-refractivity contribution in [3.63, 3.8) is 0 Å². The molecule has 84 valence electrons. The van der Waals surface area contributed by atoms with Crippen molar-refractivity contribution in [3.05, 3.63) is 55.9 Å². The van der Waals surface area contributed by atoms with Crippen LogP contribution in [0.4, 0.5) is 4.39 Å². The van der Waals surface area contributed by atoms with E-state index in [2.05, 4.69) is 15.9 Å². The van der Waals surface area contributed by atoms with Crippen LogP contribution in [0, 0.1) is 12.7 Å². The summed E-state index contributed by atoms with van der Waals surface area (Å²) in [6.07, 6.45) is 0. The lowest BCUT2D eigenvalue weighted by atomic mass is 10.0. The molecule has 2 rings (SSSR count). The lowest BCUT2D eigenvalue weighted by molar-refractivity contribution is 0.625. The first-order chi connectivity index (χ1) is 7.59. The second-order valence-corrected chi connectivity index (χ2v) is 5.41. The van der Waals surface area contributed by atoms with Crippen molar-refractivity contribution in [2.75, 3.05) is 0 Å². The van der Waals surface area contributed by atoms with Crippen LogP contribution in [0.1, 0.15) is 22.0 Å². The van der Waals surface area contributed by atoms with Crippen molar-refractivity contribution in [2.24, 2.45) is 5.73 Å². The molecule has 1 heterocycles. The predicted octanol–water partition coefficient (Wildman–Crippen LogP) is 4.01. The minimum Gasteiger partial charge on any atom is -0.320 e. The molecule has 1 unspecified atom stereocenters. The summed E-state index contributed by atoms with van der Waals surface area (Å²) in [4.78, 5) is 1.06. The standard InChI is InChI=1S/C12H11BrFNS/c1-7-6-8(14)2-3-9(7)11(15)12-10(13)4-5-16-12/h2-6,11H,15H2,1H3. The molecule has 0 bridgehead atoms. The summed E-state index contributed by atoms with van der Waals surface area (Å²) in [7, 11) is 0. The summed E-state index contributed by atoms with van der Waals surface area (Å²) >= 11 is 5.06. The van der Waals surface area contributed by atoms with Crippen LogP contribution in [0.25, 0.3) is 0 Å². The maximum atomic E-state index is 13.0. The molecule has 0 aliphatic carbocycles. The summed E-state index contributed by atoms with van der Waals surface area (Å²) < 4.78 is 14.0. The highest BCUT2D eigenvalue weighted by molar-refractivity contribution is 9.10. The van der Waals surface area contributed by atoms with Crippen molar-refractivity contribution in [2.45, 2.75) is 13.0 Å². The van der Waals surface area contributed by atoms with Gasteiger partial charge >= 0.3 is 0 Å². The van der Waals surface area contributed by atoms with Crippen LogP contribution in [0.15, 0.2) is 34.1 Å². The summed E-state index contributed by atoms with van der Waals surface area (Å²) in [6, 6.07) is 6.48. The normalized spacial score (nSPS) is 12.8. The molecule has 0 saturated carbocycles. The molecule has 1 nitrogen and oxygen atoms in total. The first kappa shape index (κ1) is 11.8. The van der Waals surface area contributed by atoms with Crippen LogP contribution < -0.4 is 5.73 Å². The van der Waals surface area contributed by atoms with Crippen LogP contribution in [-0.4, -0.2) is 0 Å². The number of halogens is 2. The van der Waals surface area contributed by atoms with Crippen LogP contribution in [0.5, 0.6) is 0 Å². The molecular weight excluding hydrogens is 289 g/mol. The van der Waals surface area contributed by atoms with Gasteiger partial charge in [0.2, 0.25) is 0 Å². The van der Waals surface area contributed by atoms with Gasteiger partial charge in [-0.15, -0.1) is 11.3 Å². The lowest BCUT2D eigenvalue weighted by Crippen LogP contribution is -2.12. The van der Waals surface area contributed by atoms with Gasteiger partial charge in [-0.1, -0.05) is 6.07 Å². The smallest absolute Gasteiger partial charge is 0.123 e. The Labute approximate surface area is 106 Å². The number of benzene rings is 1. The van der Waals surface area contributed by atoms with Gasteiger partial charge in [0, 0.05) is 9.35 Å². The van der Waals surface area contributed by atoms with E-state index in [1.807, 2.05) is 18.4 Å². The Morgan fingerprint density at radius 2 is 2.12 bits per heavy atom. The SMILES string of the molecule is Cc1cc(F)ccc1C(N)c1sccc1Br. The van der Waals surface area contributed by atoms with E-state index >= 15 is 0 Å². The van der Waals surface area contributed by atoms with E-state index < -0.39 is 0 Å². The van der Waals surface area contributed by atoms with Crippen LogP contribution >= 0.6 is 27.3 Å². The Morgan fingerprint density at radius 1 is 1.38 bits per heavy atom. The van der Waals surface area contributed by atoms with Gasteiger partial charge in [-0.25, -0.2) is 4.39 Å². The molecule has 0 aliphatic rings. The minimum atomic E-state index is -0.223. The molecule has 2 aromatic rings. The van der Waals surface area contributed by atoms with Crippen molar-refractivity contribution >= 4 is 27.3 Å². The van der Waals surface area contributed by atoms with Crippen molar-refractivity contribution in [1.82, 2.24) is 0 Å². The Hall–Kier alpha value is -0.710. The summed E-state index contributed by atoms with van der Waals surface area (Å²) in [6.45, 7) is 1.87. The maximum Gasteiger partial charge on any atom is 0.123 e.